The molecule has 0 bridgehead atoms. The van der Waals surface area contributed by atoms with Crippen molar-refractivity contribution in [2.45, 2.75) is 19.4 Å². The first-order chi connectivity index (χ1) is 15.0. The number of carbonyl (C=O) groups is 1. The van der Waals surface area contributed by atoms with Crippen LogP contribution < -0.4 is 16.0 Å². The highest BCUT2D eigenvalue weighted by atomic mass is 32.2. The Hall–Kier alpha value is -2.71. The molecule has 2 aromatic rings. The standard InChI is InChI=1S/C12H20N4.C11H10FNOS/c1-9-5-10(13)8-16(7-9)12-3-4-15-6-11(12)14-2;1-13-11(15-8-4-7-14)9-5-2-3-6-10(9)12/h3-4,6,9-10,14H,5,7-8,13H2,1-2H3;2-8H,1H3/b;8-4+,13-11?/t9-,10?;/m1./s1. The predicted octanol–water partition coefficient (Wildman–Crippen LogP) is 3.94. The van der Waals surface area contributed by atoms with E-state index in [0.717, 1.165) is 25.2 Å². The molecule has 1 aromatic carbocycles. The fourth-order valence-corrected chi connectivity index (χ4v) is 4.13. The van der Waals surface area contributed by atoms with Crippen molar-refractivity contribution < 1.29 is 9.18 Å². The van der Waals surface area contributed by atoms with Gasteiger partial charge in [-0.05, 0) is 42.0 Å². The van der Waals surface area contributed by atoms with Gasteiger partial charge in [0.05, 0.1) is 17.6 Å². The Bertz CT molecular complexity index is 895. The van der Waals surface area contributed by atoms with Gasteiger partial charge in [0.1, 0.15) is 17.1 Å². The lowest BCUT2D eigenvalue weighted by Gasteiger charge is -2.37. The van der Waals surface area contributed by atoms with Crippen LogP contribution in [-0.2, 0) is 4.79 Å². The predicted molar refractivity (Wildman–Crippen MR) is 129 cm³/mol. The summed E-state index contributed by atoms with van der Waals surface area (Å²) in [6.07, 6.45) is 6.83. The van der Waals surface area contributed by atoms with Crippen LogP contribution in [0.5, 0.6) is 0 Å². The number of nitrogens with one attached hydrogen (secondary N) is 1. The third-order valence-corrected chi connectivity index (χ3v) is 5.66. The summed E-state index contributed by atoms with van der Waals surface area (Å²) in [4.78, 5) is 20.5. The van der Waals surface area contributed by atoms with Crippen molar-refractivity contribution in [1.29, 1.82) is 0 Å². The summed E-state index contributed by atoms with van der Waals surface area (Å²) in [5, 5.41) is 5.30. The first kappa shape index (κ1) is 24.6. The number of benzene rings is 1. The molecule has 1 aromatic heterocycles. The quantitative estimate of drug-likeness (QED) is 0.315. The van der Waals surface area contributed by atoms with E-state index >= 15 is 0 Å². The molecule has 2 atom stereocenters. The van der Waals surface area contributed by atoms with Crippen molar-refractivity contribution in [3.05, 3.63) is 65.6 Å². The van der Waals surface area contributed by atoms with Crippen molar-refractivity contribution in [2.75, 3.05) is 37.4 Å². The number of halogens is 1. The lowest BCUT2D eigenvalue weighted by Crippen LogP contribution is -2.46. The van der Waals surface area contributed by atoms with E-state index in [1.165, 1.54) is 29.6 Å². The number of hydrogen-bond acceptors (Lipinski definition) is 7. The van der Waals surface area contributed by atoms with Crippen LogP contribution in [0.4, 0.5) is 15.8 Å². The van der Waals surface area contributed by atoms with E-state index in [4.69, 9.17) is 5.73 Å². The summed E-state index contributed by atoms with van der Waals surface area (Å²) in [5.41, 5.74) is 8.79. The Morgan fingerprint density at radius 3 is 2.77 bits per heavy atom. The lowest BCUT2D eigenvalue weighted by atomic mass is 9.96. The molecule has 6 nitrogen and oxygen atoms in total. The molecule has 3 N–H and O–H groups in total. The molecule has 1 aliphatic heterocycles. The molecule has 3 rings (SSSR count). The molecule has 0 amide bonds. The van der Waals surface area contributed by atoms with Crippen LogP contribution in [0, 0.1) is 11.7 Å². The first-order valence-corrected chi connectivity index (χ1v) is 11.0. The van der Waals surface area contributed by atoms with Crippen LogP contribution in [0.25, 0.3) is 0 Å². The molecule has 31 heavy (non-hydrogen) atoms. The molecule has 1 saturated heterocycles. The number of anilines is 2. The number of carbonyl (C=O) groups excluding carboxylic acids is 1. The van der Waals surface area contributed by atoms with Crippen LogP contribution >= 0.6 is 11.8 Å². The van der Waals surface area contributed by atoms with Crippen molar-refractivity contribution in [1.82, 2.24) is 4.98 Å². The van der Waals surface area contributed by atoms with Crippen LogP contribution in [-0.4, -0.2) is 49.5 Å². The fourth-order valence-electron chi connectivity index (χ4n) is 3.46. The van der Waals surface area contributed by atoms with E-state index < -0.39 is 0 Å². The number of aliphatic imine (C=N–C) groups is 1. The highest BCUT2D eigenvalue weighted by molar-refractivity contribution is 8.16. The Morgan fingerprint density at radius 2 is 2.13 bits per heavy atom. The second kappa shape index (κ2) is 12.9. The molecule has 2 heterocycles. The minimum absolute atomic E-state index is 0.279. The van der Waals surface area contributed by atoms with Crippen molar-refractivity contribution in [3.63, 3.8) is 0 Å². The molecule has 0 spiro atoms. The van der Waals surface area contributed by atoms with Gasteiger partial charge in [0.15, 0.2) is 0 Å². The third-order valence-electron chi connectivity index (χ3n) is 4.74. The summed E-state index contributed by atoms with van der Waals surface area (Å²) in [6.45, 7) is 4.27. The van der Waals surface area contributed by atoms with Gasteiger partial charge in [-0.25, -0.2) is 4.39 Å². The zero-order valence-corrected chi connectivity index (χ0v) is 19.0. The number of nitrogens with two attached hydrogens (primary N) is 1. The normalized spacial score (nSPS) is 19.0. The number of aldehydes is 1. The fraction of sp³-hybridized carbons (Fsp3) is 0.348. The number of pyridine rings is 1. The maximum atomic E-state index is 13.3. The summed E-state index contributed by atoms with van der Waals surface area (Å²) < 4.78 is 13.3. The Balaban J connectivity index is 0.000000221. The maximum absolute atomic E-state index is 13.3. The smallest absolute Gasteiger partial charge is 0.143 e. The number of hydrogen-bond donors (Lipinski definition) is 2. The Morgan fingerprint density at radius 1 is 1.35 bits per heavy atom. The topological polar surface area (TPSA) is 83.6 Å². The number of thioether (sulfide) groups is 1. The number of rotatable bonds is 5. The number of piperidine rings is 1. The first-order valence-electron chi connectivity index (χ1n) is 10.1. The average Bonchev–Trinajstić information content (AvgIpc) is 2.77. The van der Waals surface area contributed by atoms with Crippen molar-refractivity contribution in [3.8, 4) is 0 Å². The molecular formula is C23H30FN5OS. The summed E-state index contributed by atoms with van der Waals surface area (Å²) >= 11 is 1.21. The van der Waals surface area contributed by atoms with Gasteiger partial charge in [-0.15, -0.1) is 0 Å². The van der Waals surface area contributed by atoms with Crippen LogP contribution in [0.1, 0.15) is 18.9 Å². The van der Waals surface area contributed by atoms with Crippen LogP contribution in [0.15, 0.2) is 59.2 Å². The minimum atomic E-state index is -0.315. The van der Waals surface area contributed by atoms with E-state index in [1.807, 2.05) is 19.4 Å². The van der Waals surface area contributed by atoms with E-state index in [9.17, 15) is 9.18 Å². The highest BCUT2D eigenvalue weighted by Crippen LogP contribution is 2.28. The van der Waals surface area contributed by atoms with Gasteiger partial charge in [-0.2, -0.15) is 0 Å². The van der Waals surface area contributed by atoms with Gasteiger partial charge in [0, 0.05) is 45.0 Å². The molecular weight excluding hydrogens is 413 g/mol. The molecule has 1 unspecified atom stereocenters. The third kappa shape index (κ3) is 7.48. The SMILES string of the molecule is CN=C(S/C=C/C=O)c1ccccc1F.CNc1cnccc1N1CC(N)C[C@@H](C)C1. The summed E-state index contributed by atoms with van der Waals surface area (Å²) in [5.74, 6) is 0.340. The molecule has 0 aliphatic carbocycles. The molecule has 8 heteroatoms. The maximum Gasteiger partial charge on any atom is 0.143 e. The van der Waals surface area contributed by atoms with Gasteiger partial charge >= 0.3 is 0 Å². The van der Waals surface area contributed by atoms with Gasteiger partial charge < -0.3 is 16.0 Å². The molecule has 0 saturated carbocycles. The van der Waals surface area contributed by atoms with E-state index in [0.29, 0.717) is 22.8 Å². The molecule has 1 aliphatic rings. The van der Waals surface area contributed by atoms with Crippen molar-refractivity contribution >= 4 is 34.5 Å². The monoisotopic (exact) mass is 443 g/mol. The van der Waals surface area contributed by atoms with Crippen LogP contribution in [0.3, 0.4) is 0 Å². The van der Waals surface area contributed by atoms with Gasteiger partial charge in [-0.3, -0.25) is 14.8 Å². The molecule has 1 fully saturated rings. The second-order valence-electron chi connectivity index (χ2n) is 7.24. The largest absolute Gasteiger partial charge is 0.385 e. The van der Waals surface area contributed by atoms with E-state index in [1.54, 1.807) is 30.7 Å². The van der Waals surface area contributed by atoms with Gasteiger partial charge in [-0.1, -0.05) is 30.8 Å². The number of nitrogens with zero attached hydrogens (tertiary/aromatic N) is 3. The van der Waals surface area contributed by atoms with Gasteiger partial charge in [0.2, 0.25) is 0 Å². The van der Waals surface area contributed by atoms with E-state index in [-0.39, 0.29) is 11.9 Å². The number of allylic oxidation sites excluding steroid dienone is 1. The average molecular weight is 444 g/mol. The molecule has 166 valence electrons. The van der Waals surface area contributed by atoms with E-state index in [2.05, 4.69) is 33.2 Å². The summed E-state index contributed by atoms with van der Waals surface area (Å²) in [7, 11) is 3.51. The van der Waals surface area contributed by atoms with Gasteiger partial charge in [0.25, 0.3) is 0 Å². The molecule has 0 radical (unpaired) electrons. The summed E-state index contributed by atoms with van der Waals surface area (Å²) in [6, 6.07) is 8.73. The number of aromatic nitrogens is 1. The zero-order chi connectivity index (χ0) is 22.6. The second-order valence-corrected chi connectivity index (χ2v) is 8.13. The minimum Gasteiger partial charge on any atom is -0.385 e. The zero-order valence-electron chi connectivity index (χ0n) is 18.2. The Labute approximate surface area is 187 Å². The van der Waals surface area contributed by atoms with Crippen molar-refractivity contribution in [2.24, 2.45) is 16.6 Å². The highest BCUT2D eigenvalue weighted by Gasteiger charge is 2.23. The lowest BCUT2D eigenvalue weighted by molar-refractivity contribution is -0.104. The Kier molecular flexibility index (Phi) is 10.2. The van der Waals surface area contributed by atoms with Crippen LogP contribution in [0.2, 0.25) is 0 Å².